The number of Topliss-reactive ketones (excluding diaryl/α,β-unsaturated/α-hetero) is 1. The van der Waals surface area contributed by atoms with Crippen LogP contribution in [0, 0.1) is 10.1 Å². The number of rotatable bonds is 3. The number of para-hydroxylation sites is 2. The second-order valence-corrected chi connectivity index (χ2v) is 4.87. The van der Waals surface area contributed by atoms with Crippen molar-refractivity contribution < 1.29 is 14.5 Å². The van der Waals surface area contributed by atoms with Gasteiger partial charge >= 0.3 is 0 Å². The maximum atomic E-state index is 12.7. The molecule has 1 unspecified atom stereocenters. The van der Waals surface area contributed by atoms with Crippen molar-refractivity contribution in [2.75, 3.05) is 6.61 Å². The minimum Gasteiger partial charge on any atom is -0.493 e. The highest BCUT2D eigenvalue weighted by Gasteiger charge is 2.31. The van der Waals surface area contributed by atoms with Crippen LogP contribution < -0.4 is 4.74 Å². The molecule has 0 amide bonds. The lowest BCUT2D eigenvalue weighted by Gasteiger charge is -2.24. The molecule has 3 rings (SSSR count). The van der Waals surface area contributed by atoms with Crippen LogP contribution in [0.3, 0.4) is 0 Å². The fourth-order valence-corrected chi connectivity index (χ4v) is 2.64. The molecule has 0 bridgehead atoms. The van der Waals surface area contributed by atoms with E-state index in [2.05, 4.69) is 0 Å². The number of fused-ring (bicyclic) bond motifs is 1. The average Bonchev–Trinajstić information content (AvgIpc) is 2.53. The normalized spacial score (nSPS) is 16.7. The number of nitrogens with zero attached hydrogens (tertiary/aromatic N) is 1. The highest BCUT2D eigenvalue weighted by molar-refractivity contribution is 6.04. The predicted molar refractivity (Wildman–Crippen MR) is 76.7 cm³/mol. The van der Waals surface area contributed by atoms with E-state index in [1.807, 2.05) is 24.3 Å². The number of nitro benzene ring substituents is 1. The summed E-state index contributed by atoms with van der Waals surface area (Å²) in [6.45, 7) is 0.439. The zero-order chi connectivity index (χ0) is 14.8. The molecule has 1 atom stereocenters. The van der Waals surface area contributed by atoms with Crippen LogP contribution in [0.5, 0.6) is 5.75 Å². The van der Waals surface area contributed by atoms with Crippen LogP contribution in [0.15, 0.2) is 48.5 Å². The van der Waals surface area contributed by atoms with E-state index in [0.29, 0.717) is 18.8 Å². The van der Waals surface area contributed by atoms with Gasteiger partial charge in [-0.25, -0.2) is 0 Å². The molecule has 5 nitrogen and oxygen atoms in total. The van der Waals surface area contributed by atoms with Crippen molar-refractivity contribution in [2.45, 2.75) is 12.3 Å². The van der Waals surface area contributed by atoms with Crippen LogP contribution >= 0.6 is 0 Å². The third-order valence-electron chi connectivity index (χ3n) is 3.64. The van der Waals surface area contributed by atoms with Gasteiger partial charge in [0.15, 0.2) is 5.78 Å². The Morgan fingerprint density at radius 3 is 2.67 bits per heavy atom. The number of hydrogen-bond acceptors (Lipinski definition) is 4. The summed E-state index contributed by atoms with van der Waals surface area (Å²) in [5.41, 5.74) is 0.808. The van der Waals surface area contributed by atoms with E-state index in [1.54, 1.807) is 12.1 Å². The lowest BCUT2D eigenvalue weighted by atomic mass is 9.86. The van der Waals surface area contributed by atoms with Gasteiger partial charge in [-0.15, -0.1) is 0 Å². The molecule has 0 saturated carbocycles. The Kier molecular flexibility index (Phi) is 3.39. The molecule has 0 spiro atoms. The van der Waals surface area contributed by atoms with Gasteiger partial charge in [0.1, 0.15) is 5.75 Å². The van der Waals surface area contributed by atoms with Gasteiger partial charge in [0.2, 0.25) is 0 Å². The monoisotopic (exact) mass is 283 g/mol. The lowest BCUT2D eigenvalue weighted by Crippen LogP contribution is -2.22. The standard InChI is InChI=1S/C16H13NO4/c18-16(13-6-1-3-7-14(13)17(19)20)12-9-10-21-15-8-4-2-5-11(12)15/h1-8,12H,9-10H2. The van der Waals surface area contributed by atoms with E-state index in [0.717, 1.165) is 5.56 Å². The Morgan fingerprint density at radius 1 is 1.14 bits per heavy atom. The summed E-state index contributed by atoms with van der Waals surface area (Å²) in [6.07, 6.45) is 0.530. The molecule has 0 radical (unpaired) electrons. The summed E-state index contributed by atoms with van der Waals surface area (Å²) in [6, 6.07) is 13.4. The van der Waals surface area contributed by atoms with E-state index in [-0.39, 0.29) is 17.0 Å². The highest BCUT2D eigenvalue weighted by atomic mass is 16.6. The summed E-state index contributed by atoms with van der Waals surface area (Å²) in [7, 11) is 0. The molecule has 2 aromatic rings. The highest BCUT2D eigenvalue weighted by Crippen LogP contribution is 2.36. The molecule has 0 aliphatic carbocycles. The lowest BCUT2D eigenvalue weighted by molar-refractivity contribution is -0.385. The molecule has 21 heavy (non-hydrogen) atoms. The average molecular weight is 283 g/mol. The number of ether oxygens (including phenoxy) is 1. The predicted octanol–water partition coefficient (Wildman–Crippen LogP) is 3.34. The first-order valence-electron chi connectivity index (χ1n) is 6.68. The first kappa shape index (κ1) is 13.3. The van der Waals surface area contributed by atoms with Gasteiger partial charge < -0.3 is 4.74 Å². The van der Waals surface area contributed by atoms with E-state index < -0.39 is 10.8 Å². The van der Waals surface area contributed by atoms with Crippen molar-refractivity contribution in [1.82, 2.24) is 0 Å². The summed E-state index contributed by atoms with van der Waals surface area (Å²) in [5.74, 6) is 0.0646. The fourth-order valence-electron chi connectivity index (χ4n) is 2.64. The van der Waals surface area contributed by atoms with Crippen LogP contribution in [-0.4, -0.2) is 17.3 Å². The quantitative estimate of drug-likeness (QED) is 0.492. The molecule has 2 aromatic carbocycles. The van der Waals surface area contributed by atoms with Crippen LogP contribution in [-0.2, 0) is 0 Å². The van der Waals surface area contributed by atoms with Crippen molar-refractivity contribution in [2.24, 2.45) is 0 Å². The van der Waals surface area contributed by atoms with Crippen molar-refractivity contribution in [1.29, 1.82) is 0 Å². The smallest absolute Gasteiger partial charge is 0.280 e. The molecule has 0 saturated heterocycles. The van der Waals surface area contributed by atoms with Gasteiger partial charge in [-0.05, 0) is 18.6 Å². The third-order valence-corrected chi connectivity index (χ3v) is 3.64. The van der Waals surface area contributed by atoms with Crippen molar-refractivity contribution >= 4 is 11.5 Å². The second kappa shape index (κ2) is 5.36. The summed E-state index contributed by atoms with van der Waals surface area (Å²) in [4.78, 5) is 23.3. The Morgan fingerprint density at radius 2 is 1.86 bits per heavy atom. The van der Waals surface area contributed by atoms with Gasteiger partial charge in [-0.2, -0.15) is 0 Å². The number of carbonyl (C=O) groups excluding carboxylic acids is 1. The Balaban J connectivity index is 2.03. The minimum absolute atomic E-state index is 0.147. The molecular formula is C16H13NO4. The largest absolute Gasteiger partial charge is 0.493 e. The Hall–Kier alpha value is -2.69. The number of carbonyl (C=O) groups is 1. The second-order valence-electron chi connectivity index (χ2n) is 4.87. The van der Waals surface area contributed by atoms with Crippen LogP contribution in [0.25, 0.3) is 0 Å². The first-order valence-corrected chi connectivity index (χ1v) is 6.68. The van der Waals surface area contributed by atoms with E-state index in [9.17, 15) is 14.9 Å². The van der Waals surface area contributed by atoms with Crippen LogP contribution in [0.4, 0.5) is 5.69 Å². The molecule has 0 fully saturated rings. The summed E-state index contributed by atoms with van der Waals surface area (Å²) >= 11 is 0. The van der Waals surface area contributed by atoms with E-state index in [4.69, 9.17) is 4.74 Å². The van der Waals surface area contributed by atoms with Gasteiger partial charge in [0.05, 0.1) is 23.0 Å². The minimum atomic E-state index is -0.515. The van der Waals surface area contributed by atoms with Crippen LogP contribution in [0.1, 0.15) is 28.3 Å². The molecule has 1 aliphatic rings. The van der Waals surface area contributed by atoms with Crippen LogP contribution in [0.2, 0.25) is 0 Å². The van der Waals surface area contributed by atoms with Crippen molar-refractivity contribution in [3.8, 4) is 5.75 Å². The third kappa shape index (κ3) is 2.38. The maximum absolute atomic E-state index is 12.7. The first-order chi connectivity index (χ1) is 10.2. The van der Waals surface area contributed by atoms with E-state index in [1.165, 1.54) is 12.1 Å². The van der Waals surface area contributed by atoms with Crippen molar-refractivity contribution in [3.05, 3.63) is 69.8 Å². The molecule has 0 aromatic heterocycles. The molecular weight excluding hydrogens is 270 g/mol. The molecule has 5 heteroatoms. The topological polar surface area (TPSA) is 69.4 Å². The number of nitro groups is 1. The number of hydrogen-bond donors (Lipinski definition) is 0. The Bertz CT molecular complexity index is 711. The van der Waals surface area contributed by atoms with Gasteiger partial charge in [-0.1, -0.05) is 30.3 Å². The van der Waals surface area contributed by atoms with Gasteiger partial charge in [0, 0.05) is 11.6 Å². The van der Waals surface area contributed by atoms with Crippen molar-refractivity contribution in [3.63, 3.8) is 0 Å². The van der Waals surface area contributed by atoms with Gasteiger partial charge in [0.25, 0.3) is 5.69 Å². The number of ketones is 1. The summed E-state index contributed by atoms with van der Waals surface area (Å²) < 4.78 is 5.53. The molecule has 1 heterocycles. The fraction of sp³-hybridized carbons (Fsp3) is 0.188. The Labute approximate surface area is 121 Å². The summed E-state index contributed by atoms with van der Waals surface area (Å²) in [5, 5.41) is 11.1. The molecule has 0 N–H and O–H groups in total. The van der Waals surface area contributed by atoms with E-state index >= 15 is 0 Å². The molecule has 106 valence electrons. The number of benzene rings is 2. The van der Waals surface area contributed by atoms with Gasteiger partial charge in [-0.3, -0.25) is 14.9 Å². The maximum Gasteiger partial charge on any atom is 0.280 e. The molecule has 1 aliphatic heterocycles. The zero-order valence-corrected chi connectivity index (χ0v) is 11.2. The zero-order valence-electron chi connectivity index (χ0n) is 11.2. The SMILES string of the molecule is O=C(c1ccccc1[N+](=O)[O-])C1CCOc2ccccc21.